The van der Waals surface area contributed by atoms with Gasteiger partial charge >= 0.3 is 0 Å². The summed E-state index contributed by atoms with van der Waals surface area (Å²) in [6, 6.07) is 71.7. The molecule has 9 aromatic carbocycles. The number of nitrogens with zero attached hydrogens (tertiary/aromatic N) is 1. The maximum Gasteiger partial charge on any atom is 0.0677 e. The summed E-state index contributed by atoms with van der Waals surface area (Å²) < 4.78 is 0. The monoisotopic (exact) mass is 756 g/mol. The number of aliphatic imine (C=N–C) groups is 1. The Hall–Kier alpha value is -7.29. The lowest BCUT2D eigenvalue weighted by Crippen LogP contribution is -2.16. The lowest BCUT2D eigenvalue weighted by Gasteiger charge is -2.25. The average molecular weight is 757 g/mol. The number of nitrogens with two attached hydrogens (primary N) is 1. The Morgan fingerprint density at radius 3 is 1.81 bits per heavy atom. The Kier molecular flexibility index (Phi) is 9.11. The van der Waals surface area contributed by atoms with Gasteiger partial charge in [0.05, 0.1) is 12.3 Å². The zero-order chi connectivity index (χ0) is 39.9. The fourth-order valence-electron chi connectivity index (χ4n) is 9.21. The van der Waals surface area contributed by atoms with Crippen LogP contribution in [0.25, 0.3) is 71.7 Å². The third-order valence-electron chi connectivity index (χ3n) is 12.1. The van der Waals surface area contributed by atoms with E-state index in [0.29, 0.717) is 12.2 Å². The molecule has 0 saturated heterocycles. The molecule has 0 spiro atoms. The molecule has 282 valence electrons. The van der Waals surface area contributed by atoms with Crippen LogP contribution in [0.15, 0.2) is 211 Å². The van der Waals surface area contributed by atoms with Gasteiger partial charge in [-0.15, -0.1) is 0 Å². The number of rotatable bonds is 8. The summed E-state index contributed by atoms with van der Waals surface area (Å²) in [5, 5.41) is 4.84. The van der Waals surface area contributed by atoms with E-state index in [2.05, 4.69) is 208 Å². The van der Waals surface area contributed by atoms with E-state index in [0.717, 1.165) is 44.3 Å². The molecule has 10 rings (SSSR count). The molecular formula is C57H44N2. The Bertz CT molecular complexity index is 3080. The third-order valence-corrected chi connectivity index (χ3v) is 12.1. The van der Waals surface area contributed by atoms with E-state index in [1.54, 1.807) is 0 Å². The molecule has 0 unspecified atom stereocenters. The molecule has 2 nitrogen and oxygen atoms in total. The first-order valence-electron chi connectivity index (χ1n) is 20.4. The van der Waals surface area contributed by atoms with Gasteiger partial charge in [-0.2, -0.15) is 0 Å². The Morgan fingerprint density at radius 2 is 1.05 bits per heavy atom. The van der Waals surface area contributed by atoms with Crippen molar-refractivity contribution in [2.75, 3.05) is 0 Å². The van der Waals surface area contributed by atoms with Crippen molar-refractivity contribution in [2.24, 2.45) is 10.7 Å². The standard InChI is InChI=1S/C57H44N2/c1-57(2)53-35-43-21-10-9-20-42(43)34-52(53)51-27-15-26-46(56(51)57)41-30-28-40(29-31-41)45-32-33-49(48-24-13-12-23-47(45)48)54(58)36-55(59-37-38-16-5-3-6-17-38)50-25-14-11-22-44(50)39-18-7-4-8-19-39/h3-36H,37,58H2,1-2H3/b54-36-,59-55?. The second-order valence-electron chi connectivity index (χ2n) is 16.1. The van der Waals surface area contributed by atoms with E-state index >= 15 is 0 Å². The van der Waals surface area contributed by atoms with Crippen molar-refractivity contribution in [2.45, 2.75) is 25.8 Å². The van der Waals surface area contributed by atoms with Crippen LogP contribution in [0.5, 0.6) is 0 Å². The minimum atomic E-state index is -0.126. The van der Waals surface area contributed by atoms with Crippen LogP contribution in [0.3, 0.4) is 0 Å². The maximum absolute atomic E-state index is 7.14. The summed E-state index contributed by atoms with van der Waals surface area (Å²) in [6.07, 6.45) is 2.06. The second-order valence-corrected chi connectivity index (χ2v) is 16.1. The molecular weight excluding hydrogens is 713 g/mol. The van der Waals surface area contributed by atoms with E-state index in [1.807, 2.05) is 12.1 Å². The van der Waals surface area contributed by atoms with Crippen molar-refractivity contribution in [3.8, 4) is 44.5 Å². The molecule has 1 aliphatic carbocycles. The van der Waals surface area contributed by atoms with Crippen molar-refractivity contribution in [3.05, 3.63) is 234 Å². The summed E-state index contributed by atoms with van der Waals surface area (Å²) in [5.74, 6) is 0. The minimum Gasteiger partial charge on any atom is -0.398 e. The van der Waals surface area contributed by atoms with Gasteiger partial charge in [0.1, 0.15) is 0 Å². The van der Waals surface area contributed by atoms with Gasteiger partial charge in [0.15, 0.2) is 0 Å². The van der Waals surface area contributed by atoms with Gasteiger partial charge < -0.3 is 5.73 Å². The lowest BCUT2D eigenvalue weighted by atomic mass is 9.78. The van der Waals surface area contributed by atoms with E-state index in [4.69, 9.17) is 10.7 Å². The first kappa shape index (κ1) is 36.1. The normalized spacial score (nSPS) is 13.4. The van der Waals surface area contributed by atoms with Gasteiger partial charge in [0.2, 0.25) is 0 Å². The van der Waals surface area contributed by atoms with Gasteiger partial charge in [0, 0.05) is 22.2 Å². The summed E-state index contributed by atoms with van der Waals surface area (Å²) in [5.41, 5.74) is 24.3. The predicted molar refractivity (Wildman–Crippen MR) is 251 cm³/mol. The second kappa shape index (κ2) is 14.9. The molecule has 0 radical (unpaired) electrons. The van der Waals surface area contributed by atoms with E-state index < -0.39 is 0 Å². The number of benzene rings is 9. The Labute approximate surface area is 346 Å². The van der Waals surface area contributed by atoms with Crippen molar-refractivity contribution in [3.63, 3.8) is 0 Å². The highest BCUT2D eigenvalue weighted by atomic mass is 14.7. The highest BCUT2D eigenvalue weighted by Crippen LogP contribution is 2.53. The topological polar surface area (TPSA) is 38.4 Å². The van der Waals surface area contributed by atoms with Crippen LogP contribution >= 0.6 is 0 Å². The van der Waals surface area contributed by atoms with Crippen LogP contribution in [0, 0.1) is 0 Å². The molecule has 0 atom stereocenters. The van der Waals surface area contributed by atoms with Crippen molar-refractivity contribution >= 4 is 33.0 Å². The molecule has 0 aromatic heterocycles. The summed E-state index contributed by atoms with van der Waals surface area (Å²) >= 11 is 0. The number of allylic oxidation sites excluding steroid dienone is 1. The fourth-order valence-corrected chi connectivity index (χ4v) is 9.21. The van der Waals surface area contributed by atoms with Crippen LogP contribution in [-0.2, 0) is 12.0 Å². The summed E-state index contributed by atoms with van der Waals surface area (Å²) in [4.78, 5) is 5.21. The molecule has 9 aromatic rings. The van der Waals surface area contributed by atoms with Crippen LogP contribution in [0.2, 0.25) is 0 Å². The maximum atomic E-state index is 7.14. The molecule has 2 heteroatoms. The minimum absolute atomic E-state index is 0.126. The highest BCUT2D eigenvalue weighted by molar-refractivity contribution is 6.16. The Balaban J connectivity index is 1.02. The molecule has 0 saturated carbocycles. The summed E-state index contributed by atoms with van der Waals surface area (Å²) in [7, 11) is 0. The molecule has 0 amide bonds. The van der Waals surface area contributed by atoms with E-state index in [9.17, 15) is 0 Å². The number of hydrogen-bond acceptors (Lipinski definition) is 2. The zero-order valence-corrected chi connectivity index (χ0v) is 33.4. The van der Waals surface area contributed by atoms with Gasteiger partial charge in [0.25, 0.3) is 0 Å². The molecule has 59 heavy (non-hydrogen) atoms. The molecule has 0 aliphatic heterocycles. The van der Waals surface area contributed by atoms with Gasteiger partial charge in [-0.25, -0.2) is 0 Å². The highest BCUT2D eigenvalue weighted by Gasteiger charge is 2.37. The van der Waals surface area contributed by atoms with Gasteiger partial charge in [-0.1, -0.05) is 202 Å². The fraction of sp³-hybridized carbons (Fsp3) is 0.0702. The van der Waals surface area contributed by atoms with Crippen LogP contribution in [0.4, 0.5) is 0 Å². The quantitative estimate of drug-likeness (QED) is 0.154. The van der Waals surface area contributed by atoms with E-state index in [1.165, 1.54) is 55.3 Å². The van der Waals surface area contributed by atoms with Crippen LogP contribution in [-0.4, -0.2) is 5.71 Å². The first-order chi connectivity index (χ1) is 28.9. The SMILES string of the molecule is CC1(C)c2cc3ccccc3cc2-c2cccc(-c3ccc(-c4ccc(/C(N)=C/C(=NCc5ccccc5)c5ccccc5-c5ccccc5)c5ccccc45)cc3)c21. The molecule has 2 N–H and O–H groups in total. The predicted octanol–water partition coefficient (Wildman–Crippen LogP) is 14.3. The van der Waals surface area contributed by atoms with Crippen molar-refractivity contribution in [1.82, 2.24) is 0 Å². The van der Waals surface area contributed by atoms with Crippen molar-refractivity contribution < 1.29 is 0 Å². The van der Waals surface area contributed by atoms with Gasteiger partial charge in [-0.05, 0) is 101 Å². The van der Waals surface area contributed by atoms with Crippen molar-refractivity contribution in [1.29, 1.82) is 0 Å². The molecule has 1 aliphatic rings. The molecule has 0 heterocycles. The van der Waals surface area contributed by atoms with Gasteiger partial charge in [-0.3, -0.25) is 4.99 Å². The molecule has 0 bridgehead atoms. The first-order valence-corrected chi connectivity index (χ1v) is 20.4. The van der Waals surface area contributed by atoms with E-state index in [-0.39, 0.29) is 5.41 Å². The number of hydrogen-bond donors (Lipinski definition) is 1. The smallest absolute Gasteiger partial charge is 0.0677 e. The molecule has 0 fully saturated rings. The van der Waals surface area contributed by atoms with Crippen LogP contribution < -0.4 is 5.73 Å². The number of fused-ring (bicyclic) bond motifs is 5. The largest absolute Gasteiger partial charge is 0.398 e. The van der Waals surface area contributed by atoms with Crippen LogP contribution in [0.1, 0.15) is 41.7 Å². The summed E-state index contributed by atoms with van der Waals surface area (Å²) in [6.45, 7) is 5.29. The average Bonchev–Trinajstić information content (AvgIpc) is 3.52. The Morgan fingerprint density at radius 1 is 0.475 bits per heavy atom. The third kappa shape index (κ3) is 6.53. The zero-order valence-electron chi connectivity index (χ0n) is 33.4. The lowest BCUT2D eigenvalue weighted by molar-refractivity contribution is 0.663.